The lowest BCUT2D eigenvalue weighted by Crippen LogP contribution is -2.28. The van der Waals surface area contributed by atoms with E-state index in [2.05, 4.69) is 66.7 Å². The summed E-state index contributed by atoms with van der Waals surface area (Å²) in [7, 11) is 0. The first kappa shape index (κ1) is 22.9. The Balaban J connectivity index is 0. The van der Waals surface area contributed by atoms with Crippen LogP contribution in [0.15, 0.2) is 37.0 Å². The van der Waals surface area contributed by atoms with Crippen LogP contribution in [0.3, 0.4) is 0 Å². The van der Waals surface area contributed by atoms with Crippen LogP contribution in [0.2, 0.25) is 0 Å². The molecular weight excluding hydrogens is 268 g/mol. The second kappa shape index (κ2) is 11.2. The number of allylic oxidation sites excluding steroid dienone is 4. The zero-order valence-corrected chi connectivity index (χ0v) is 16.0. The van der Waals surface area contributed by atoms with Crippen molar-refractivity contribution in [3.8, 4) is 12.0 Å². The van der Waals surface area contributed by atoms with Gasteiger partial charge in [-0.15, -0.1) is 0 Å². The van der Waals surface area contributed by atoms with Crippen molar-refractivity contribution in [2.75, 3.05) is 6.61 Å². The van der Waals surface area contributed by atoms with Gasteiger partial charge in [0.05, 0.1) is 0 Å². The summed E-state index contributed by atoms with van der Waals surface area (Å²) in [5.41, 5.74) is 1.29. The van der Waals surface area contributed by atoms with E-state index >= 15 is 0 Å². The van der Waals surface area contributed by atoms with Crippen LogP contribution in [0.5, 0.6) is 0 Å². The minimum atomic E-state index is 0.0360. The molecule has 0 saturated heterocycles. The maximum atomic E-state index is 5.50. The van der Waals surface area contributed by atoms with Crippen LogP contribution in [0.1, 0.15) is 61.8 Å². The van der Waals surface area contributed by atoms with Crippen LogP contribution in [-0.4, -0.2) is 6.61 Å². The van der Waals surface area contributed by atoms with Crippen molar-refractivity contribution in [2.24, 2.45) is 16.7 Å². The first-order valence-electron chi connectivity index (χ1n) is 8.22. The van der Waals surface area contributed by atoms with Gasteiger partial charge in [-0.25, -0.2) is 0 Å². The Labute approximate surface area is 139 Å². The fourth-order valence-electron chi connectivity index (χ4n) is 2.44. The van der Waals surface area contributed by atoms with Gasteiger partial charge in [0.1, 0.15) is 12.7 Å². The summed E-state index contributed by atoms with van der Waals surface area (Å²) in [4.78, 5) is 0. The van der Waals surface area contributed by atoms with Gasteiger partial charge < -0.3 is 4.74 Å². The van der Waals surface area contributed by atoms with Gasteiger partial charge in [0.25, 0.3) is 0 Å². The second-order valence-electron chi connectivity index (χ2n) is 6.98. The standard InChI is InChI=1S/C19H30O.C2H6/c1-9-11-17(10-2)19(7,8)14-18(5,6)15-20-13-12-16(3)4;1-2/h9-11,16H,1-2,14-15H2,3-8H3;1-2H3/b17-11+;. The van der Waals surface area contributed by atoms with E-state index in [4.69, 9.17) is 4.74 Å². The minimum Gasteiger partial charge on any atom is -0.446 e. The Morgan fingerprint density at radius 1 is 1.14 bits per heavy atom. The lowest BCUT2D eigenvalue weighted by atomic mass is 9.71. The molecule has 0 unspecified atom stereocenters. The molecule has 0 aromatic heterocycles. The maximum absolute atomic E-state index is 5.50. The largest absolute Gasteiger partial charge is 0.446 e. The SMILES string of the molecule is C=C/C=C(\C=C)C(C)(C)CC(C)(C)COC#CC(C)C.CC. The van der Waals surface area contributed by atoms with Gasteiger partial charge in [0, 0.05) is 11.3 Å². The van der Waals surface area contributed by atoms with E-state index < -0.39 is 0 Å². The highest BCUT2D eigenvalue weighted by Crippen LogP contribution is 2.39. The summed E-state index contributed by atoms with van der Waals surface area (Å²) < 4.78 is 5.50. The number of ether oxygens (including phenoxy) is 1. The summed E-state index contributed by atoms with van der Waals surface area (Å²) >= 11 is 0. The molecule has 0 aliphatic heterocycles. The van der Waals surface area contributed by atoms with Gasteiger partial charge in [0.2, 0.25) is 0 Å². The summed E-state index contributed by atoms with van der Waals surface area (Å²) in [6.45, 7) is 25.3. The van der Waals surface area contributed by atoms with Crippen LogP contribution in [0, 0.1) is 28.8 Å². The van der Waals surface area contributed by atoms with Crippen molar-refractivity contribution in [1.82, 2.24) is 0 Å². The Morgan fingerprint density at radius 2 is 1.68 bits per heavy atom. The molecule has 0 fully saturated rings. The molecule has 1 heteroatoms. The van der Waals surface area contributed by atoms with E-state index in [0.717, 1.165) is 6.42 Å². The topological polar surface area (TPSA) is 9.23 Å². The molecule has 0 amide bonds. The third kappa shape index (κ3) is 10.3. The van der Waals surface area contributed by atoms with Crippen LogP contribution < -0.4 is 0 Å². The van der Waals surface area contributed by atoms with Crippen molar-refractivity contribution in [1.29, 1.82) is 0 Å². The Bertz CT molecular complexity index is 411. The molecule has 0 saturated carbocycles. The normalized spacial score (nSPS) is 11.8. The third-order valence-electron chi connectivity index (χ3n) is 3.10. The third-order valence-corrected chi connectivity index (χ3v) is 3.10. The number of rotatable bonds is 7. The van der Waals surface area contributed by atoms with Crippen LogP contribution in [0.4, 0.5) is 0 Å². The molecule has 0 bridgehead atoms. The Kier molecular flexibility index (Phi) is 11.6. The van der Waals surface area contributed by atoms with Gasteiger partial charge >= 0.3 is 0 Å². The molecule has 0 aromatic carbocycles. The van der Waals surface area contributed by atoms with Gasteiger partial charge in [-0.1, -0.05) is 92.7 Å². The Hall–Kier alpha value is -1.42. The van der Waals surface area contributed by atoms with E-state index in [1.165, 1.54) is 5.57 Å². The molecule has 0 atom stereocenters. The van der Waals surface area contributed by atoms with E-state index in [9.17, 15) is 0 Å². The monoisotopic (exact) mass is 304 g/mol. The predicted molar refractivity (Wildman–Crippen MR) is 101 cm³/mol. The molecule has 0 aromatic rings. The molecule has 1 nitrogen and oxygen atoms in total. The average Bonchev–Trinajstić information content (AvgIpc) is 2.41. The van der Waals surface area contributed by atoms with Crippen molar-refractivity contribution in [2.45, 2.75) is 61.8 Å². The Morgan fingerprint density at radius 3 is 2.09 bits per heavy atom. The smallest absolute Gasteiger partial charge is 0.110 e. The predicted octanol–water partition coefficient (Wildman–Crippen LogP) is 6.39. The van der Waals surface area contributed by atoms with E-state index in [0.29, 0.717) is 12.5 Å². The highest BCUT2D eigenvalue weighted by molar-refractivity contribution is 5.27. The number of hydrogen-bond donors (Lipinski definition) is 0. The van der Waals surface area contributed by atoms with E-state index in [1.807, 2.05) is 32.1 Å². The van der Waals surface area contributed by atoms with Gasteiger partial charge in [-0.2, -0.15) is 0 Å². The average molecular weight is 305 g/mol. The highest BCUT2D eigenvalue weighted by Gasteiger charge is 2.31. The highest BCUT2D eigenvalue weighted by atomic mass is 16.5. The van der Waals surface area contributed by atoms with Crippen LogP contribution in [-0.2, 0) is 4.74 Å². The first-order valence-corrected chi connectivity index (χ1v) is 8.22. The van der Waals surface area contributed by atoms with Crippen molar-refractivity contribution in [3.63, 3.8) is 0 Å². The second-order valence-corrected chi connectivity index (χ2v) is 6.98. The fourth-order valence-corrected chi connectivity index (χ4v) is 2.44. The molecule has 0 aliphatic rings. The summed E-state index contributed by atoms with van der Waals surface area (Å²) in [5.74, 6) is 3.37. The minimum absolute atomic E-state index is 0.0360. The summed E-state index contributed by atoms with van der Waals surface area (Å²) in [6.07, 6.45) is 9.55. The number of hydrogen-bond acceptors (Lipinski definition) is 1. The lowest BCUT2D eigenvalue weighted by Gasteiger charge is -2.35. The first-order chi connectivity index (χ1) is 10.1. The maximum Gasteiger partial charge on any atom is 0.110 e. The summed E-state index contributed by atoms with van der Waals surface area (Å²) in [6, 6.07) is 0. The molecule has 0 aliphatic carbocycles. The molecule has 0 rings (SSSR count). The molecule has 126 valence electrons. The molecule has 22 heavy (non-hydrogen) atoms. The molecule has 0 radical (unpaired) electrons. The molecule has 0 spiro atoms. The van der Waals surface area contributed by atoms with Gasteiger partial charge in [-0.3, -0.25) is 0 Å². The molecule has 0 heterocycles. The zero-order chi connectivity index (χ0) is 17.8. The van der Waals surface area contributed by atoms with E-state index in [1.54, 1.807) is 0 Å². The lowest BCUT2D eigenvalue weighted by molar-refractivity contribution is 0.113. The molecular formula is C21H36O. The van der Waals surface area contributed by atoms with Crippen molar-refractivity contribution in [3.05, 3.63) is 37.0 Å². The van der Waals surface area contributed by atoms with E-state index in [-0.39, 0.29) is 10.8 Å². The summed E-state index contributed by atoms with van der Waals surface area (Å²) in [5, 5.41) is 0. The zero-order valence-electron chi connectivity index (χ0n) is 16.0. The van der Waals surface area contributed by atoms with Gasteiger partial charge in [0.15, 0.2) is 0 Å². The van der Waals surface area contributed by atoms with Gasteiger partial charge in [-0.05, 0) is 17.4 Å². The fraction of sp³-hybridized carbons (Fsp3) is 0.619. The van der Waals surface area contributed by atoms with Crippen LogP contribution >= 0.6 is 0 Å². The molecule has 0 N–H and O–H groups in total. The van der Waals surface area contributed by atoms with Crippen molar-refractivity contribution < 1.29 is 4.74 Å². The van der Waals surface area contributed by atoms with Crippen LogP contribution in [0.25, 0.3) is 0 Å². The quantitative estimate of drug-likeness (QED) is 0.391. The van der Waals surface area contributed by atoms with Crippen molar-refractivity contribution >= 4 is 0 Å².